The number of anilines is 4. The van der Waals surface area contributed by atoms with Crippen molar-refractivity contribution in [1.82, 2.24) is 97.1 Å². The number of aliphatic hydroxyl groups is 1. The van der Waals surface area contributed by atoms with E-state index in [0.29, 0.717) is 104 Å². The van der Waals surface area contributed by atoms with Gasteiger partial charge < -0.3 is 71.9 Å². The zero-order valence-corrected chi connectivity index (χ0v) is 78.3. The van der Waals surface area contributed by atoms with Gasteiger partial charge in [-0.1, -0.05) is 18.2 Å². The molecule has 0 spiro atoms. The van der Waals surface area contributed by atoms with E-state index in [4.69, 9.17) is 38.5 Å². The van der Waals surface area contributed by atoms with Crippen molar-refractivity contribution in [2.24, 2.45) is 35.2 Å². The number of nitro groups is 2. The van der Waals surface area contributed by atoms with Gasteiger partial charge in [0.25, 0.3) is 0 Å². The largest absolute Gasteiger partial charge is 0.444 e. The molecule has 3 saturated heterocycles. The fourth-order valence-electron chi connectivity index (χ4n) is 13.8. The fraction of sp³-hybridized carbons (Fsp3) is 0.405. The van der Waals surface area contributed by atoms with Crippen molar-refractivity contribution in [1.29, 1.82) is 0 Å². The number of amides is 8. The first kappa shape index (κ1) is 103. The van der Waals surface area contributed by atoms with Crippen molar-refractivity contribution in [3.8, 4) is 5.75 Å². The van der Waals surface area contributed by atoms with E-state index in [-0.39, 0.29) is 72.7 Å². The van der Waals surface area contributed by atoms with Gasteiger partial charge in [0.1, 0.15) is 22.8 Å². The van der Waals surface area contributed by atoms with Crippen molar-refractivity contribution in [3.63, 3.8) is 0 Å². The van der Waals surface area contributed by atoms with Crippen LogP contribution in [0.2, 0.25) is 0 Å². The molecule has 6 aliphatic rings. The molecule has 8 aromatic heterocycles. The minimum atomic E-state index is -1.61. The van der Waals surface area contributed by atoms with Gasteiger partial charge >= 0.3 is 42.6 Å². The van der Waals surface area contributed by atoms with E-state index in [0.717, 1.165) is 40.7 Å². The number of fused-ring (bicyclic) bond motifs is 3. The van der Waals surface area contributed by atoms with Crippen LogP contribution in [0.25, 0.3) is 0 Å². The first-order chi connectivity index (χ1) is 64.1. The maximum atomic E-state index is 13.5. The van der Waals surface area contributed by atoms with Crippen LogP contribution in [-0.4, -0.2) is 218 Å². The van der Waals surface area contributed by atoms with E-state index >= 15 is 0 Å². The average molecular weight is 2020 g/mol. The summed E-state index contributed by atoms with van der Waals surface area (Å²) in [6, 6.07) is 9.91. The number of carbonyl (C=O) groups is 8. The summed E-state index contributed by atoms with van der Waals surface area (Å²) in [7, 11) is 9.87. The smallest absolute Gasteiger partial charge is 0.417 e. The number of benzene rings is 3. The van der Waals surface area contributed by atoms with E-state index in [2.05, 4.69) is 78.8 Å². The highest BCUT2D eigenvalue weighted by molar-refractivity contribution is 14.1. The molecule has 3 fully saturated rings. The first-order valence-electron chi connectivity index (χ1n) is 41.5. The molecular weight excluding hydrogens is 1920 g/mol. The molecule has 0 saturated carbocycles. The molecule has 17 rings (SSSR count). The van der Waals surface area contributed by atoms with Crippen LogP contribution >= 0.6 is 22.6 Å². The summed E-state index contributed by atoms with van der Waals surface area (Å²) in [5.74, 6) is -5.70. The third kappa shape index (κ3) is 27.1. The molecule has 11 aromatic rings. The van der Waals surface area contributed by atoms with Crippen LogP contribution in [0, 0.1) is 58.7 Å². The molecule has 52 heteroatoms. The topological polar surface area (TPSA) is 493 Å². The number of nitrogens with zero attached hydrogens (tertiary/aromatic N) is 23. The van der Waals surface area contributed by atoms with Crippen molar-refractivity contribution in [2.75, 3.05) is 53.7 Å². The molecule has 4 unspecified atom stereocenters. The molecule has 136 heavy (non-hydrogen) atoms. The van der Waals surface area contributed by atoms with Crippen molar-refractivity contribution in [3.05, 3.63) is 240 Å². The van der Waals surface area contributed by atoms with E-state index in [1.165, 1.54) is 34.3 Å². The molecule has 3 aromatic carbocycles. The number of imidazole rings is 5. The lowest BCUT2D eigenvalue weighted by molar-refractivity contribution is -0.491. The summed E-state index contributed by atoms with van der Waals surface area (Å²) in [4.78, 5) is 141. The van der Waals surface area contributed by atoms with Gasteiger partial charge in [-0.15, -0.1) is 0 Å². The molecule has 0 radical (unpaired) electrons. The molecule has 8 amide bonds. The van der Waals surface area contributed by atoms with Gasteiger partial charge in [0, 0.05) is 137 Å². The molecule has 728 valence electrons. The highest BCUT2D eigenvalue weighted by Crippen LogP contribution is 2.38. The lowest BCUT2D eigenvalue weighted by Crippen LogP contribution is -2.47. The van der Waals surface area contributed by atoms with Gasteiger partial charge in [-0.25, -0.2) is 84.8 Å². The number of hydrogen-bond donors (Lipinski definition) is 4. The number of aryl methyl sites for hydroxylation is 5. The number of urea groups is 1. The Hall–Kier alpha value is -15.0. The predicted molar refractivity (Wildman–Crippen MR) is 476 cm³/mol. The van der Waals surface area contributed by atoms with Crippen LogP contribution in [-0.2, 0) is 98.2 Å². The number of aldehydes is 1. The Balaban J connectivity index is 0.000000170. The quantitative estimate of drug-likeness (QED) is 0.0168. The van der Waals surface area contributed by atoms with Crippen LogP contribution in [0.4, 0.5) is 82.7 Å². The normalized spacial score (nSPS) is 17.4. The predicted octanol–water partition coefficient (Wildman–Crippen LogP) is 12.0. The number of rotatable bonds is 12. The van der Waals surface area contributed by atoms with Crippen molar-refractivity contribution >= 4 is 94.2 Å². The van der Waals surface area contributed by atoms with E-state index < -0.39 is 105 Å². The second kappa shape index (κ2) is 45.1. The summed E-state index contributed by atoms with van der Waals surface area (Å²) >= 11 is 2.25. The minimum Gasteiger partial charge on any atom is -0.444 e. The minimum absolute atomic E-state index is 0.0732. The fourth-order valence-corrected chi connectivity index (χ4v) is 14.4. The maximum absolute atomic E-state index is 13.5. The summed E-state index contributed by atoms with van der Waals surface area (Å²) in [5, 5.41) is 48.2. The Labute approximate surface area is 785 Å². The lowest BCUT2D eigenvalue weighted by atomic mass is 10.1. The molecule has 4 N–H and O–H groups in total. The van der Waals surface area contributed by atoms with Crippen LogP contribution < -0.4 is 30.5 Å². The van der Waals surface area contributed by atoms with Crippen LogP contribution in [0.1, 0.15) is 138 Å². The SMILES string of the molecule is C[C@H]1Cn2ncc(I)c2CN1C(=O)OC(C)(C)C.C[C@H]1Cn2ncc(N3CC(c4nccn4C)OC3=O)c2CN1C(=O)Nc1cc(F)c(F)c(F)c1.C[C@H]1Cn2ncc(N3CC(c4nccn4C)OC3=O)c2CN1C(=O)OC(C)(C)C.C[N+](=O)[O-].Cn1ccnc1C(O)C[N+](=O)[O-].Cn1ccnc1C1CNC(=O)O1.Cn1ccnc1C=O.O=C(Nc1cc(F)c(F)c(F)c1)Oc1ccccc1. The maximum Gasteiger partial charge on any atom is 0.417 e. The van der Waals surface area contributed by atoms with E-state index in [1.807, 2.05) is 107 Å². The van der Waals surface area contributed by atoms with Crippen LogP contribution in [0.15, 0.2) is 135 Å². The van der Waals surface area contributed by atoms with Crippen LogP contribution in [0.5, 0.6) is 5.75 Å². The Kier molecular flexibility index (Phi) is 34.2. The zero-order chi connectivity index (χ0) is 99.6. The number of nitrogens with one attached hydrogen (secondary N) is 3. The molecule has 0 aliphatic carbocycles. The van der Waals surface area contributed by atoms with Gasteiger partial charge in [0.15, 0.2) is 96.0 Å². The average Bonchev–Trinajstić information content (AvgIpc) is 1.62. The summed E-state index contributed by atoms with van der Waals surface area (Å²) in [6.07, 6.45) is 17.2. The number of cyclic esters (lactones) is 3. The highest BCUT2D eigenvalue weighted by Gasteiger charge is 2.43. The molecule has 7 atom stereocenters. The second-order valence-corrected chi connectivity index (χ2v) is 34.1. The Morgan fingerprint density at radius 2 is 0.963 bits per heavy atom. The number of alkyl carbamates (subject to hydrolysis) is 1. The van der Waals surface area contributed by atoms with Gasteiger partial charge in [-0.05, 0) is 97.0 Å². The lowest BCUT2D eigenvalue weighted by Gasteiger charge is -2.35. The monoisotopic (exact) mass is 2020 g/mol. The molecular formula is C84H99F6IN26O19. The number of ether oxygens (including phenoxy) is 6. The molecule has 0 bridgehead atoms. The second-order valence-electron chi connectivity index (χ2n) is 32.9. The number of halogens is 7. The third-order valence-corrected chi connectivity index (χ3v) is 21.2. The number of aromatic nitrogens is 16. The van der Waals surface area contributed by atoms with E-state index in [1.54, 1.807) is 129 Å². The molecule has 14 heterocycles. The van der Waals surface area contributed by atoms with E-state index in [9.17, 15) is 79.9 Å². The van der Waals surface area contributed by atoms with Gasteiger partial charge in [0.2, 0.25) is 6.54 Å². The first-order valence-corrected chi connectivity index (χ1v) is 42.5. The highest BCUT2D eigenvalue weighted by atomic mass is 127. The molecule has 6 aliphatic heterocycles. The Morgan fingerprint density at radius 1 is 0.566 bits per heavy atom. The Bertz CT molecular complexity index is 6030. The number of aliphatic hydroxyl groups excluding tert-OH is 1. The van der Waals surface area contributed by atoms with Gasteiger partial charge in [-0.2, -0.15) is 15.3 Å². The Morgan fingerprint density at radius 3 is 1.35 bits per heavy atom. The van der Waals surface area contributed by atoms with Crippen molar-refractivity contribution < 1.29 is 108 Å². The third-order valence-electron chi connectivity index (χ3n) is 20.3. The summed E-state index contributed by atoms with van der Waals surface area (Å²) in [6.45, 7) is 20.0. The van der Waals surface area contributed by atoms with Gasteiger partial charge in [0.05, 0.1) is 133 Å². The summed E-state index contributed by atoms with van der Waals surface area (Å²) < 4.78 is 126. The van der Waals surface area contributed by atoms with Crippen LogP contribution in [0.3, 0.4) is 0 Å². The van der Waals surface area contributed by atoms with Crippen molar-refractivity contribution in [2.45, 2.75) is 155 Å². The summed E-state index contributed by atoms with van der Waals surface area (Å²) in [5.41, 5.74) is 2.12. The number of carbonyl (C=O) groups excluding carboxylic acids is 8. The molecule has 45 nitrogen and oxygen atoms in total. The zero-order valence-electron chi connectivity index (χ0n) is 76.1. The number of hydrogen-bond acceptors (Lipinski definition) is 27. The van der Waals surface area contributed by atoms with Gasteiger partial charge in [-0.3, -0.25) is 64.0 Å². The standard InChI is InChI=1S/C21H20F3N7O3.C19H26N6O4.C13H8F3NO2.C12H18IN3O2.C7H9N3O2.C6H9N3O3.C5H6N2O.CH3NO2/c1-11-8-31-16(9-29(11)20(32)27-12-5-13(22)18(24)14(23)6-12)15(7-26-31)30-10-17(34-21(30)33)19-25-3-4-28(19)2;1-12-9-25-14(10-23(12)18(27)29-19(2,3)4)13(8-21-25)24-11-15(28-17(24)26)16-20-6-7-22(16)5;14-10-6-8(7-11(15)12(10)16)17-13(18)19-9-4-2-1-3-5-9;1-8-6-16-10(9(13)5-14-16)7-15(8)11(17)18-12(2,3)4;1-10-3-2-8-6(10)5-4-9-7(11)12-5;1-8-3-2-7-6(8)5(10)4-9(11)12;1-7-3-2-6-5(7)4-8;1-2(3)4/h3-7,11,17H,8-10H2,1-2H3,(H,27,32);6-8,12,15H,9-11H2,1-5H3;1-7H,(H,17,18);5,8H,6-7H2,1-4H3;2-3,5H,4H2,1H3,(H,9,11);2-3,5,10H,4H2,1H3;2-4H,1H3;1H3/t11-,17?;12-,15?;;8-;;;;/m00.0..../s1. The number of para-hydroxylation sites is 1.